The normalized spacial score (nSPS) is 10.6. The summed E-state index contributed by atoms with van der Waals surface area (Å²) in [6, 6.07) is 6.94. The topological polar surface area (TPSA) is 69.4 Å². The summed E-state index contributed by atoms with van der Waals surface area (Å²) in [6.45, 7) is 0. The number of nitrogens with zero attached hydrogens (tertiary/aromatic N) is 4. The lowest BCUT2D eigenvalue weighted by atomic mass is 10.2. The van der Waals surface area contributed by atoms with Crippen molar-refractivity contribution in [2.75, 3.05) is 7.11 Å². The molecule has 0 fully saturated rings. The zero-order chi connectivity index (χ0) is 13.2. The van der Waals surface area contributed by atoms with Gasteiger partial charge in [-0.15, -0.1) is 5.10 Å². The number of methoxy groups -OCH3 is 1. The molecule has 0 aliphatic heterocycles. The van der Waals surface area contributed by atoms with Crippen LogP contribution in [0.1, 0.15) is 10.4 Å². The van der Waals surface area contributed by atoms with Crippen molar-refractivity contribution in [3.8, 4) is 11.4 Å². The van der Waals surface area contributed by atoms with Gasteiger partial charge in [-0.3, -0.25) is 4.98 Å². The molecule has 6 nitrogen and oxygen atoms in total. The zero-order valence-corrected chi connectivity index (χ0v) is 10.1. The Morgan fingerprint density at radius 1 is 1.26 bits per heavy atom. The van der Waals surface area contributed by atoms with Crippen LogP contribution in [0.2, 0.25) is 0 Å². The fourth-order valence-electron chi connectivity index (χ4n) is 1.75. The van der Waals surface area contributed by atoms with Crippen molar-refractivity contribution in [2.24, 2.45) is 0 Å². The third-order valence-electron chi connectivity index (χ3n) is 2.70. The van der Waals surface area contributed by atoms with Crippen LogP contribution < -0.4 is 0 Å². The highest BCUT2D eigenvalue weighted by Gasteiger charge is 2.10. The Morgan fingerprint density at radius 2 is 2.05 bits per heavy atom. The molecule has 0 unspecified atom stereocenters. The molecule has 6 heteroatoms. The molecule has 94 valence electrons. The summed E-state index contributed by atoms with van der Waals surface area (Å²) in [6.07, 6.45) is 5.04. The van der Waals surface area contributed by atoms with Crippen LogP contribution in [-0.2, 0) is 4.74 Å². The number of rotatable bonds is 2. The van der Waals surface area contributed by atoms with Gasteiger partial charge in [0.05, 0.1) is 12.7 Å². The number of carbonyl (C=O) groups is 1. The third kappa shape index (κ3) is 2.03. The summed E-state index contributed by atoms with van der Waals surface area (Å²) in [7, 11) is 1.35. The van der Waals surface area contributed by atoms with Crippen LogP contribution in [0.25, 0.3) is 17.0 Å². The minimum atomic E-state index is -0.393. The van der Waals surface area contributed by atoms with Crippen molar-refractivity contribution in [1.29, 1.82) is 0 Å². The lowest BCUT2D eigenvalue weighted by Crippen LogP contribution is -2.02. The fourth-order valence-corrected chi connectivity index (χ4v) is 1.75. The highest BCUT2D eigenvalue weighted by Crippen LogP contribution is 2.15. The fraction of sp³-hybridized carbons (Fsp3) is 0.0769. The van der Waals surface area contributed by atoms with Crippen LogP contribution in [-0.4, -0.2) is 32.7 Å². The summed E-state index contributed by atoms with van der Waals surface area (Å²) >= 11 is 0. The number of ether oxygens (including phenoxy) is 1. The Kier molecular flexibility index (Phi) is 2.68. The van der Waals surface area contributed by atoms with E-state index in [-0.39, 0.29) is 0 Å². The first kappa shape index (κ1) is 11.3. The molecule has 0 saturated heterocycles. The minimum absolute atomic E-state index is 0.393. The van der Waals surface area contributed by atoms with E-state index < -0.39 is 5.97 Å². The van der Waals surface area contributed by atoms with Gasteiger partial charge >= 0.3 is 5.97 Å². The van der Waals surface area contributed by atoms with Crippen molar-refractivity contribution in [2.45, 2.75) is 0 Å². The molecule has 3 heterocycles. The molecule has 0 spiro atoms. The maximum atomic E-state index is 11.4. The zero-order valence-electron chi connectivity index (χ0n) is 10.1. The average Bonchev–Trinajstić information content (AvgIpc) is 2.90. The van der Waals surface area contributed by atoms with E-state index in [4.69, 9.17) is 0 Å². The Bertz CT molecular complexity index is 737. The molecule has 0 aliphatic rings. The van der Waals surface area contributed by atoms with E-state index in [1.54, 1.807) is 35.2 Å². The van der Waals surface area contributed by atoms with Crippen LogP contribution in [0.5, 0.6) is 0 Å². The lowest BCUT2D eigenvalue weighted by Gasteiger charge is -1.97. The molecule has 3 rings (SSSR count). The van der Waals surface area contributed by atoms with E-state index in [1.807, 2.05) is 12.1 Å². The molecule has 0 N–H and O–H groups in total. The van der Waals surface area contributed by atoms with Gasteiger partial charge in [-0.2, -0.15) is 0 Å². The quantitative estimate of drug-likeness (QED) is 0.649. The smallest absolute Gasteiger partial charge is 0.338 e. The van der Waals surface area contributed by atoms with E-state index >= 15 is 0 Å². The molecule has 0 bridgehead atoms. The highest BCUT2D eigenvalue weighted by atomic mass is 16.5. The number of hydrogen-bond acceptors (Lipinski definition) is 5. The number of fused-ring (bicyclic) bond motifs is 1. The first-order valence-corrected chi connectivity index (χ1v) is 5.63. The van der Waals surface area contributed by atoms with Gasteiger partial charge in [0, 0.05) is 24.2 Å². The van der Waals surface area contributed by atoms with E-state index in [1.165, 1.54) is 7.11 Å². The molecular formula is C13H10N4O2. The summed E-state index contributed by atoms with van der Waals surface area (Å²) in [5.41, 5.74) is 1.91. The monoisotopic (exact) mass is 254 g/mol. The second-order valence-corrected chi connectivity index (χ2v) is 3.88. The van der Waals surface area contributed by atoms with Crippen LogP contribution >= 0.6 is 0 Å². The highest BCUT2D eigenvalue weighted by molar-refractivity contribution is 5.90. The number of pyridine rings is 2. The molecule has 0 aliphatic carbocycles. The Labute approximate surface area is 108 Å². The van der Waals surface area contributed by atoms with Crippen LogP contribution in [0.15, 0.2) is 42.9 Å². The molecule has 0 saturated carbocycles. The van der Waals surface area contributed by atoms with Gasteiger partial charge in [0.1, 0.15) is 0 Å². The molecule has 0 atom stereocenters. The standard InChI is InChI=1S/C13H10N4O2/c1-19-13(18)10-4-7-17-11(8-10)15-12(16-17)9-2-5-14-6-3-9/h2-8H,1H3. The molecule has 0 amide bonds. The van der Waals surface area contributed by atoms with E-state index in [2.05, 4.69) is 19.8 Å². The lowest BCUT2D eigenvalue weighted by molar-refractivity contribution is 0.0600. The van der Waals surface area contributed by atoms with Gasteiger partial charge < -0.3 is 4.74 Å². The number of esters is 1. The molecule has 0 radical (unpaired) electrons. The second-order valence-electron chi connectivity index (χ2n) is 3.88. The molecule has 3 aromatic heterocycles. The Morgan fingerprint density at radius 3 is 2.79 bits per heavy atom. The summed E-state index contributed by atoms with van der Waals surface area (Å²) in [4.78, 5) is 19.8. The van der Waals surface area contributed by atoms with Gasteiger partial charge in [0.25, 0.3) is 0 Å². The van der Waals surface area contributed by atoms with E-state index in [0.29, 0.717) is 17.0 Å². The van der Waals surface area contributed by atoms with Gasteiger partial charge in [-0.05, 0) is 24.3 Å². The predicted molar refractivity (Wildman–Crippen MR) is 67.6 cm³/mol. The Hall–Kier alpha value is -2.76. The van der Waals surface area contributed by atoms with Gasteiger partial charge in [0.15, 0.2) is 11.5 Å². The molecule has 19 heavy (non-hydrogen) atoms. The van der Waals surface area contributed by atoms with Crippen molar-refractivity contribution in [3.63, 3.8) is 0 Å². The number of hydrogen-bond donors (Lipinski definition) is 0. The van der Waals surface area contributed by atoms with Crippen LogP contribution in [0, 0.1) is 0 Å². The predicted octanol–water partition coefficient (Wildman–Crippen LogP) is 1.58. The average molecular weight is 254 g/mol. The Balaban J connectivity index is 2.09. The van der Waals surface area contributed by atoms with Crippen molar-refractivity contribution in [1.82, 2.24) is 19.6 Å². The first-order chi connectivity index (χ1) is 9.28. The van der Waals surface area contributed by atoms with Crippen molar-refractivity contribution >= 4 is 11.6 Å². The van der Waals surface area contributed by atoms with E-state index in [0.717, 1.165) is 5.56 Å². The molecule has 0 aromatic carbocycles. The van der Waals surface area contributed by atoms with Crippen LogP contribution in [0.3, 0.4) is 0 Å². The summed E-state index contributed by atoms with van der Waals surface area (Å²) in [5.74, 6) is 0.195. The maximum Gasteiger partial charge on any atom is 0.338 e. The SMILES string of the molecule is COC(=O)c1ccn2nc(-c3ccncc3)nc2c1. The summed E-state index contributed by atoms with van der Waals surface area (Å²) < 4.78 is 6.29. The maximum absolute atomic E-state index is 11.4. The van der Waals surface area contributed by atoms with Crippen molar-refractivity contribution < 1.29 is 9.53 Å². The van der Waals surface area contributed by atoms with Gasteiger partial charge in [0.2, 0.25) is 0 Å². The van der Waals surface area contributed by atoms with Gasteiger partial charge in [-0.25, -0.2) is 14.3 Å². The van der Waals surface area contributed by atoms with Gasteiger partial charge in [-0.1, -0.05) is 0 Å². The molecule has 3 aromatic rings. The second kappa shape index (κ2) is 4.49. The minimum Gasteiger partial charge on any atom is -0.465 e. The van der Waals surface area contributed by atoms with Crippen molar-refractivity contribution in [3.05, 3.63) is 48.4 Å². The van der Waals surface area contributed by atoms with E-state index in [9.17, 15) is 4.79 Å². The molecular weight excluding hydrogens is 244 g/mol. The largest absolute Gasteiger partial charge is 0.465 e. The van der Waals surface area contributed by atoms with Crippen LogP contribution in [0.4, 0.5) is 0 Å². The number of aromatic nitrogens is 4. The number of carbonyl (C=O) groups excluding carboxylic acids is 1. The third-order valence-corrected chi connectivity index (χ3v) is 2.70. The summed E-state index contributed by atoms with van der Waals surface area (Å²) in [5, 5.41) is 4.33. The first-order valence-electron chi connectivity index (χ1n) is 5.63.